The van der Waals surface area contributed by atoms with Crippen molar-refractivity contribution in [2.75, 3.05) is 5.43 Å². The van der Waals surface area contributed by atoms with E-state index in [4.69, 9.17) is 22.2 Å². The predicted molar refractivity (Wildman–Crippen MR) is 75.3 cm³/mol. The van der Waals surface area contributed by atoms with Gasteiger partial charge in [-0.1, -0.05) is 24.9 Å². The van der Waals surface area contributed by atoms with Crippen LogP contribution in [0.2, 0.25) is 5.02 Å². The van der Waals surface area contributed by atoms with Crippen molar-refractivity contribution in [2.24, 2.45) is 5.84 Å². The van der Waals surface area contributed by atoms with E-state index in [0.717, 1.165) is 12.0 Å². The highest BCUT2D eigenvalue weighted by Gasteiger charge is 2.14. The molecule has 0 spiro atoms. The molecular formula is C13H14ClFN4O. The number of benzene rings is 1. The molecule has 0 saturated carbocycles. The summed E-state index contributed by atoms with van der Waals surface area (Å²) in [5.74, 6) is 5.96. The summed E-state index contributed by atoms with van der Waals surface area (Å²) < 4.78 is 18.8. The average Bonchev–Trinajstić information content (AvgIpc) is 2.45. The van der Waals surface area contributed by atoms with E-state index in [1.54, 1.807) is 0 Å². The molecule has 20 heavy (non-hydrogen) atoms. The van der Waals surface area contributed by atoms with Gasteiger partial charge in [-0.15, -0.1) is 0 Å². The molecule has 0 aliphatic rings. The fourth-order valence-corrected chi connectivity index (χ4v) is 1.90. The van der Waals surface area contributed by atoms with Crippen molar-refractivity contribution in [3.05, 3.63) is 40.9 Å². The molecule has 0 aliphatic carbocycles. The molecule has 0 saturated heterocycles. The van der Waals surface area contributed by atoms with Gasteiger partial charge in [0.05, 0.1) is 10.6 Å². The number of rotatable bonds is 5. The van der Waals surface area contributed by atoms with Crippen molar-refractivity contribution in [2.45, 2.75) is 19.8 Å². The molecule has 3 N–H and O–H groups in total. The molecular weight excluding hydrogens is 283 g/mol. The molecule has 0 bridgehead atoms. The zero-order valence-corrected chi connectivity index (χ0v) is 11.6. The van der Waals surface area contributed by atoms with Crippen LogP contribution in [0.15, 0.2) is 24.5 Å². The molecule has 1 heterocycles. The fourth-order valence-electron chi connectivity index (χ4n) is 1.74. The fraction of sp³-hybridized carbons (Fsp3) is 0.231. The Morgan fingerprint density at radius 1 is 1.40 bits per heavy atom. The van der Waals surface area contributed by atoms with E-state index in [9.17, 15) is 4.39 Å². The molecule has 7 heteroatoms. The molecule has 0 unspecified atom stereocenters. The molecule has 2 rings (SSSR count). The van der Waals surface area contributed by atoms with Crippen molar-refractivity contribution in [3.63, 3.8) is 0 Å². The minimum absolute atomic E-state index is 0.200. The van der Waals surface area contributed by atoms with Crippen LogP contribution in [0.1, 0.15) is 18.9 Å². The minimum atomic E-state index is -0.437. The van der Waals surface area contributed by atoms with Crippen LogP contribution in [0, 0.1) is 5.82 Å². The number of nitrogens with two attached hydrogens (primary N) is 1. The largest absolute Gasteiger partial charge is 0.437 e. The van der Waals surface area contributed by atoms with Crippen molar-refractivity contribution < 1.29 is 9.13 Å². The number of hydrogen-bond acceptors (Lipinski definition) is 5. The third kappa shape index (κ3) is 3.15. The van der Waals surface area contributed by atoms with Gasteiger partial charge in [0.25, 0.3) is 0 Å². The maximum absolute atomic E-state index is 13.2. The Morgan fingerprint density at radius 2 is 2.20 bits per heavy atom. The lowest BCUT2D eigenvalue weighted by Gasteiger charge is -2.13. The van der Waals surface area contributed by atoms with Crippen LogP contribution in [0.4, 0.5) is 10.2 Å². The molecule has 0 atom stereocenters. The van der Waals surface area contributed by atoms with Crippen LogP contribution in [0.25, 0.3) is 0 Å². The number of ether oxygens (including phenoxy) is 1. The quantitative estimate of drug-likeness (QED) is 0.654. The van der Waals surface area contributed by atoms with Gasteiger partial charge in [-0.05, 0) is 18.6 Å². The molecule has 0 aliphatic heterocycles. The normalized spacial score (nSPS) is 10.4. The Hall–Kier alpha value is -1.92. The van der Waals surface area contributed by atoms with E-state index < -0.39 is 5.82 Å². The van der Waals surface area contributed by atoms with Crippen LogP contribution < -0.4 is 16.0 Å². The zero-order valence-electron chi connectivity index (χ0n) is 10.9. The second-order valence-corrected chi connectivity index (χ2v) is 4.48. The van der Waals surface area contributed by atoms with Gasteiger partial charge in [0.15, 0.2) is 5.75 Å². The highest BCUT2D eigenvalue weighted by molar-refractivity contribution is 6.32. The second-order valence-electron chi connectivity index (χ2n) is 4.08. The summed E-state index contributed by atoms with van der Waals surface area (Å²) in [6, 6.07) is 3.89. The first-order valence-corrected chi connectivity index (χ1v) is 6.47. The van der Waals surface area contributed by atoms with E-state index in [-0.39, 0.29) is 5.75 Å². The maximum atomic E-state index is 13.2. The Bertz CT molecular complexity index is 609. The van der Waals surface area contributed by atoms with Gasteiger partial charge in [-0.2, -0.15) is 0 Å². The lowest BCUT2D eigenvalue weighted by Crippen LogP contribution is -2.12. The number of anilines is 1. The van der Waals surface area contributed by atoms with Crippen molar-refractivity contribution in [1.82, 2.24) is 9.97 Å². The number of nitrogens with zero attached hydrogens (tertiary/aromatic N) is 2. The first-order valence-electron chi connectivity index (χ1n) is 6.09. The highest BCUT2D eigenvalue weighted by Crippen LogP contribution is 2.32. The van der Waals surface area contributed by atoms with Crippen LogP contribution in [0.3, 0.4) is 0 Å². The Balaban J connectivity index is 2.39. The summed E-state index contributed by atoms with van der Waals surface area (Å²) in [6.45, 7) is 2.01. The van der Waals surface area contributed by atoms with Crippen LogP contribution >= 0.6 is 11.6 Å². The lowest BCUT2D eigenvalue weighted by molar-refractivity contribution is 0.450. The number of aromatic nitrogens is 2. The first-order chi connectivity index (χ1) is 9.65. The van der Waals surface area contributed by atoms with E-state index >= 15 is 0 Å². The predicted octanol–water partition coefficient (Wildman–Crippen LogP) is 3.30. The summed E-state index contributed by atoms with van der Waals surface area (Å²) in [4.78, 5) is 8.09. The molecule has 1 aromatic heterocycles. The number of nitrogens with one attached hydrogen (secondary N) is 1. The van der Waals surface area contributed by atoms with Crippen LogP contribution in [-0.2, 0) is 6.42 Å². The Labute approximate surface area is 120 Å². The number of halogens is 2. The number of hydrogen-bond donors (Lipinski definition) is 2. The maximum Gasteiger partial charge on any atom is 0.227 e. The topological polar surface area (TPSA) is 73.1 Å². The van der Waals surface area contributed by atoms with Gasteiger partial charge in [-0.3, -0.25) is 0 Å². The van der Waals surface area contributed by atoms with Crippen LogP contribution in [-0.4, -0.2) is 9.97 Å². The summed E-state index contributed by atoms with van der Waals surface area (Å²) >= 11 is 5.97. The van der Waals surface area contributed by atoms with Gasteiger partial charge in [0.2, 0.25) is 5.88 Å². The lowest BCUT2D eigenvalue weighted by atomic mass is 10.2. The number of nitrogen functional groups attached to an aromatic ring is 1. The molecule has 0 amide bonds. The average molecular weight is 297 g/mol. The second kappa shape index (κ2) is 6.49. The third-order valence-electron chi connectivity index (χ3n) is 2.64. The smallest absolute Gasteiger partial charge is 0.227 e. The minimum Gasteiger partial charge on any atom is -0.437 e. The van der Waals surface area contributed by atoms with E-state index in [1.807, 2.05) is 6.92 Å². The van der Waals surface area contributed by atoms with Gasteiger partial charge in [0.1, 0.15) is 18.0 Å². The van der Waals surface area contributed by atoms with Gasteiger partial charge < -0.3 is 10.2 Å². The van der Waals surface area contributed by atoms with Crippen molar-refractivity contribution in [3.8, 4) is 11.6 Å². The van der Waals surface area contributed by atoms with Crippen molar-refractivity contribution in [1.29, 1.82) is 0 Å². The Kier molecular flexibility index (Phi) is 4.70. The first kappa shape index (κ1) is 14.5. The Morgan fingerprint density at radius 3 is 2.90 bits per heavy atom. The monoisotopic (exact) mass is 296 g/mol. The van der Waals surface area contributed by atoms with Crippen LogP contribution in [0.5, 0.6) is 11.6 Å². The van der Waals surface area contributed by atoms with Gasteiger partial charge in [0, 0.05) is 6.07 Å². The van der Waals surface area contributed by atoms with Crippen molar-refractivity contribution >= 4 is 17.4 Å². The molecule has 0 radical (unpaired) electrons. The standard InChI is InChI=1S/C13H14ClFN4O/c1-2-3-9-12(19-16)17-7-18-13(9)20-11-6-8(15)4-5-10(11)14/h4-7H,2-3,16H2,1H3,(H,17,18,19). The third-order valence-corrected chi connectivity index (χ3v) is 2.95. The highest BCUT2D eigenvalue weighted by atomic mass is 35.5. The summed E-state index contributed by atoms with van der Waals surface area (Å²) in [5, 5.41) is 0.301. The molecule has 1 aromatic carbocycles. The van der Waals surface area contributed by atoms with E-state index in [2.05, 4.69) is 15.4 Å². The van der Waals surface area contributed by atoms with E-state index in [0.29, 0.717) is 23.1 Å². The summed E-state index contributed by atoms with van der Waals surface area (Å²) in [7, 11) is 0. The molecule has 0 fully saturated rings. The van der Waals surface area contributed by atoms with E-state index in [1.165, 1.54) is 24.5 Å². The molecule has 5 nitrogen and oxygen atoms in total. The number of hydrazine groups is 1. The zero-order chi connectivity index (χ0) is 14.5. The van der Waals surface area contributed by atoms with Gasteiger partial charge in [-0.25, -0.2) is 20.2 Å². The molecule has 2 aromatic rings. The summed E-state index contributed by atoms with van der Waals surface area (Å²) in [6.07, 6.45) is 2.84. The molecule has 106 valence electrons. The van der Waals surface area contributed by atoms with Gasteiger partial charge >= 0.3 is 0 Å². The summed E-state index contributed by atoms with van der Waals surface area (Å²) in [5.41, 5.74) is 3.21. The SMILES string of the molecule is CCCc1c(NN)ncnc1Oc1cc(F)ccc1Cl.